The highest BCUT2D eigenvalue weighted by molar-refractivity contribution is 6.77. The summed E-state index contributed by atoms with van der Waals surface area (Å²) in [4.78, 5) is 27.9. The Kier molecular flexibility index (Phi) is 9.74. The molecule has 6 nitrogen and oxygen atoms in total. The second-order valence-corrected chi connectivity index (χ2v) is 16.0. The predicted molar refractivity (Wildman–Crippen MR) is 144 cm³/mol. The Morgan fingerprint density at radius 1 is 0.806 bits per heavy atom. The quantitative estimate of drug-likeness (QED) is 0.262. The van der Waals surface area contributed by atoms with E-state index in [-0.39, 0.29) is 19.3 Å². The summed E-state index contributed by atoms with van der Waals surface area (Å²) in [6, 6.07) is 18.4. The van der Waals surface area contributed by atoms with Crippen molar-refractivity contribution in [2.75, 3.05) is 6.54 Å². The first-order valence-electron chi connectivity index (χ1n) is 13.0. The third kappa shape index (κ3) is 6.56. The lowest BCUT2D eigenvalue weighted by Gasteiger charge is -2.44. The number of amides is 1. The minimum Gasteiger partial charge on any atom is -0.459 e. The molecule has 1 aliphatic heterocycles. The molecule has 1 amide bonds. The number of ether oxygens (including phenoxy) is 2. The highest BCUT2D eigenvalue weighted by Gasteiger charge is 2.50. The van der Waals surface area contributed by atoms with Gasteiger partial charge in [0.2, 0.25) is 8.32 Å². The van der Waals surface area contributed by atoms with E-state index >= 15 is 0 Å². The zero-order valence-corrected chi connectivity index (χ0v) is 23.5. The summed E-state index contributed by atoms with van der Waals surface area (Å²) in [6.45, 7) is 14.0. The normalized spacial score (nSPS) is 18.2. The van der Waals surface area contributed by atoms with E-state index in [0.717, 1.165) is 11.1 Å². The maximum absolute atomic E-state index is 13.2. The molecule has 196 valence electrons. The summed E-state index contributed by atoms with van der Waals surface area (Å²) in [5.41, 5.74) is 3.01. The molecule has 2 aromatic rings. The molecule has 0 aliphatic carbocycles. The Morgan fingerprint density at radius 2 is 1.28 bits per heavy atom. The third-order valence-electron chi connectivity index (χ3n) is 7.28. The Balaban J connectivity index is 1.77. The lowest BCUT2D eigenvalue weighted by atomic mass is 10.2. The average molecular weight is 512 g/mol. The molecule has 0 saturated carbocycles. The first-order valence-corrected chi connectivity index (χ1v) is 15.1. The topological polar surface area (TPSA) is 65.1 Å². The lowest BCUT2D eigenvalue weighted by molar-refractivity contribution is -0.149. The summed E-state index contributed by atoms with van der Waals surface area (Å²) < 4.78 is 18.2. The van der Waals surface area contributed by atoms with E-state index in [1.807, 2.05) is 60.7 Å². The van der Waals surface area contributed by atoms with Crippen LogP contribution in [0.3, 0.4) is 0 Å². The fourth-order valence-corrected chi connectivity index (χ4v) is 11.2. The fraction of sp³-hybridized carbons (Fsp3) is 0.517. The molecular formula is C29H41NO5Si. The zero-order chi connectivity index (χ0) is 26.3. The Labute approximate surface area is 217 Å². The van der Waals surface area contributed by atoms with Crippen LogP contribution in [-0.2, 0) is 31.9 Å². The van der Waals surface area contributed by atoms with Gasteiger partial charge in [-0.1, -0.05) is 102 Å². The van der Waals surface area contributed by atoms with Crippen molar-refractivity contribution in [3.63, 3.8) is 0 Å². The van der Waals surface area contributed by atoms with Crippen LogP contribution >= 0.6 is 0 Å². The molecule has 2 aromatic carbocycles. The maximum atomic E-state index is 13.2. The van der Waals surface area contributed by atoms with Crippen molar-refractivity contribution in [3.05, 3.63) is 71.8 Å². The Hall–Kier alpha value is -2.64. The number of hydrogen-bond donors (Lipinski definition) is 0. The zero-order valence-electron chi connectivity index (χ0n) is 22.5. The summed E-state index contributed by atoms with van der Waals surface area (Å²) in [5, 5.41) is 0. The monoisotopic (exact) mass is 511 g/mol. The number of nitrogens with zero attached hydrogens (tertiary/aromatic N) is 1. The van der Waals surface area contributed by atoms with E-state index in [2.05, 4.69) is 41.5 Å². The number of rotatable bonds is 10. The van der Waals surface area contributed by atoms with Crippen LogP contribution in [0, 0.1) is 0 Å². The van der Waals surface area contributed by atoms with Gasteiger partial charge in [0.15, 0.2) is 0 Å². The van der Waals surface area contributed by atoms with Crippen molar-refractivity contribution in [1.82, 2.24) is 4.90 Å². The molecule has 7 heteroatoms. The average Bonchev–Trinajstić information content (AvgIpc) is 3.29. The molecule has 0 bridgehead atoms. The molecule has 3 rings (SSSR count). The summed E-state index contributed by atoms with van der Waals surface area (Å²) in [6.07, 6.45) is -0.338. The van der Waals surface area contributed by atoms with Crippen LogP contribution in [0.4, 0.5) is 4.79 Å². The van der Waals surface area contributed by atoms with Gasteiger partial charge >= 0.3 is 12.1 Å². The van der Waals surface area contributed by atoms with E-state index in [9.17, 15) is 9.59 Å². The van der Waals surface area contributed by atoms with Gasteiger partial charge in [-0.25, -0.2) is 9.59 Å². The van der Waals surface area contributed by atoms with E-state index in [1.54, 1.807) is 0 Å². The van der Waals surface area contributed by atoms with E-state index < -0.39 is 26.4 Å². The fourth-order valence-electron chi connectivity index (χ4n) is 5.63. The molecule has 36 heavy (non-hydrogen) atoms. The molecule has 1 saturated heterocycles. The van der Waals surface area contributed by atoms with E-state index in [4.69, 9.17) is 13.9 Å². The lowest BCUT2D eigenvalue weighted by Crippen LogP contribution is -2.50. The van der Waals surface area contributed by atoms with Crippen molar-refractivity contribution in [2.45, 2.75) is 89.9 Å². The molecule has 0 spiro atoms. The van der Waals surface area contributed by atoms with E-state index in [0.29, 0.717) is 29.6 Å². The van der Waals surface area contributed by atoms with Crippen LogP contribution in [0.15, 0.2) is 60.7 Å². The smallest absolute Gasteiger partial charge is 0.410 e. The minimum atomic E-state index is -2.19. The molecule has 2 atom stereocenters. The molecule has 0 radical (unpaired) electrons. The summed E-state index contributed by atoms with van der Waals surface area (Å²) >= 11 is 0. The SMILES string of the molecule is CC(C)[Si](O[C@@H]1C[C@@H](C(=O)OCc2ccccc2)N(C(=O)OCc2ccccc2)C1)(C(C)C)C(C)C. The molecule has 1 aliphatic rings. The molecular weight excluding hydrogens is 470 g/mol. The molecule has 0 N–H and O–H groups in total. The van der Waals surface area contributed by atoms with E-state index in [1.165, 1.54) is 4.90 Å². The predicted octanol–water partition coefficient (Wildman–Crippen LogP) is 6.70. The standard InChI is InChI=1S/C29H41NO5Si/c1-21(2)36(22(3)4,23(5)6)35-26-17-27(28(31)33-19-24-13-9-7-10-14-24)30(18-26)29(32)34-20-25-15-11-8-12-16-25/h7-16,21-23,26-27H,17-20H2,1-6H3/t26-,27+/m1/s1. The van der Waals surface area contributed by atoms with Gasteiger partial charge in [0.25, 0.3) is 0 Å². The van der Waals surface area contributed by atoms with Crippen molar-refractivity contribution in [3.8, 4) is 0 Å². The van der Waals surface area contributed by atoms with Crippen molar-refractivity contribution in [1.29, 1.82) is 0 Å². The van der Waals surface area contributed by atoms with Gasteiger partial charge in [0.05, 0.1) is 6.10 Å². The molecule has 1 fully saturated rings. The Bertz CT molecular complexity index is 894. The molecule has 1 heterocycles. The summed E-state index contributed by atoms with van der Waals surface area (Å²) in [5.74, 6) is -0.424. The first kappa shape index (κ1) is 27.9. The van der Waals surface area contributed by atoms with Crippen LogP contribution in [-0.4, -0.2) is 44.0 Å². The third-order valence-corrected chi connectivity index (χ3v) is 13.4. The highest BCUT2D eigenvalue weighted by atomic mass is 28.4. The van der Waals surface area contributed by atoms with Crippen LogP contribution < -0.4 is 0 Å². The number of esters is 1. The van der Waals surface area contributed by atoms with Gasteiger partial charge in [-0.05, 0) is 27.8 Å². The van der Waals surface area contributed by atoms with Crippen molar-refractivity contribution >= 4 is 20.4 Å². The number of likely N-dealkylation sites (tertiary alicyclic amines) is 1. The number of carbonyl (C=O) groups excluding carboxylic acids is 2. The number of hydrogen-bond acceptors (Lipinski definition) is 5. The largest absolute Gasteiger partial charge is 0.459 e. The Morgan fingerprint density at radius 3 is 1.75 bits per heavy atom. The van der Waals surface area contributed by atoms with Crippen LogP contribution in [0.2, 0.25) is 16.6 Å². The molecule has 0 aromatic heterocycles. The summed E-state index contributed by atoms with van der Waals surface area (Å²) in [7, 11) is -2.19. The van der Waals surface area contributed by atoms with Gasteiger partial charge < -0.3 is 13.9 Å². The van der Waals surface area contributed by atoms with Gasteiger partial charge in [-0.2, -0.15) is 0 Å². The van der Waals surface area contributed by atoms with Gasteiger partial charge in [-0.3, -0.25) is 4.90 Å². The first-order chi connectivity index (χ1) is 17.1. The number of carbonyl (C=O) groups is 2. The van der Waals surface area contributed by atoms with Crippen LogP contribution in [0.5, 0.6) is 0 Å². The van der Waals surface area contributed by atoms with Gasteiger partial charge in [-0.15, -0.1) is 0 Å². The second-order valence-electron chi connectivity index (χ2n) is 10.6. The van der Waals surface area contributed by atoms with Crippen LogP contribution in [0.1, 0.15) is 59.1 Å². The molecule has 0 unspecified atom stereocenters. The van der Waals surface area contributed by atoms with Gasteiger partial charge in [0, 0.05) is 13.0 Å². The minimum absolute atomic E-state index is 0.149. The van der Waals surface area contributed by atoms with Gasteiger partial charge in [0.1, 0.15) is 19.3 Å². The van der Waals surface area contributed by atoms with Crippen molar-refractivity contribution < 1.29 is 23.5 Å². The highest BCUT2D eigenvalue weighted by Crippen LogP contribution is 2.44. The van der Waals surface area contributed by atoms with Crippen molar-refractivity contribution in [2.24, 2.45) is 0 Å². The number of benzene rings is 2. The second kappa shape index (κ2) is 12.5. The maximum Gasteiger partial charge on any atom is 0.410 e. The van der Waals surface area contributed by atoms with Crippen LogP contribution in [0.25, 0.3) is 0 Å².